The third kappa shape index (κ3) is 1.66. The van der Waals surface area contributed by atoms with Gasteiger partial charge in [-0.05, 0) is 18.9 Å². The van der Waals surface area contributed by atoms with Gasteiger partial charge in [0.1, 0.15) is 0 Å². The average Bonchev–Trinajstić information content (AvgIpc) is 2.86. The standard InChI is InChI=1S/C11H11ClO3S/c1-2-11(10(14)15)4-7(11)9(13)6-3-8(12)16-5-6/h3,5,7H,2,4H2,1H3,(H,14,15). The zero-order valence-electron chi connectivity index (χ0n) is 8.70. The lowest BCUT2D eigenvalue weighted by molar-refractivity contribution is -0.143. The minimum absolute atomic E-state index is 0.0904. The fraction of sp³-hybridized carbons (Fsp3) is 0.455. The van der Waals surface area contributed by atoms with E-state index >= 15 is 0 Å². The van der Waals surface area contributed by atoms with Crippen LogP contribution in [0.25, 0.3) is 0 Å². The normalized spacial score (nSPS) is 27.8. The van der Waals surface area contributed by atoms with Crippen LogP contribution in [0.15, 0.2) is 11.4 Å². The van der Waals surface area contributed by atoms with E-state index in [1.165, 1.54) is 11.3 Å². The molecule has 2 rings (SSSR count). The summed E-state index contributed by atoms with van der Waals surface area (Å²) in [5, 5.41) is 10.8. The molecule has 1 aromatic heterocycles. The van der Waals surface area contributed by atoms with Crippen molar-refractivity contribution in [3.05, 3.63) is 21.3 Å². The molecule has 1 heterocycles. The van der Waals surface area contributed by atoms with Crippen LogP contribution < -0.4 is 0 Å². The maximum Gasteiger partial charge on any atom is 0.310 e. The van der Waals surface area contributed by atoms with E-state index in [2.05, 4.69) is 0 Å². The Morgan fingerprint density at radius 1 is 1.69 bits per heavy atom. The average molecular weight is 259 g/mol. The molecule has 0 aliphatic heterocycles. The molecule has 0 aromatic carbocycles. The summed E-state index contributed by atoms with van der Waals surface area (Å²) in [6.07, 6.45) is 0.946. The van der Waals surface area contributed by atoms with Crippen molar-refractivity contribution in [2.24, 2.45) is 11.3 Å². The fourth-order valence-electron chi connectivity index (χ4n) is 2.07. The molecule has 1 aliphatic rings. The molecule has 0 radical (unpaired) electrons. The SMILES string of the molecule is CCC1(C(=O)O)CC1C(=O)c1csc(Cl)c1. The largest absolute Gasteiger partial charge is 0.481 e. The molecular weight excluding hydrogens is 248 g/mol. The van der Waals surface area contributed by atoms with Crippen molar-refractivity contribution in [3.63, 3.8) is 0 Å². The van der Waals surface area contributed by atoms with Crippen molar-refractivity contribution in [1.82, 2.24) is 0 Å². The highest BCUT2D eigenvalue weighted by molar-refractivity contribution is 7.14. The quantitative estimate of drug-likeness (QED) is 0.845. The minimum Gasteiger partial charge on any atom is -0.481 e. The number of rotatable bonds is 4. The summed E-state index contributed by atoms with van der Waals surface area (Å²) in [5.74, 6) is -1.33. The van der Waals surface area contributed by atoms with Crippen LogP contribution in [0.5, 0.6) is 0 Å². The maximum atomic E-state index is 12.0. The number of ketones is 1. The van der Waals surface area contributed by atoms with Crippen LogP contribution in [0.3, 0.4) is 0 Å². The predicted octanol–water partition coefficient (Wildman–Crippen LogP) is 3.09. The smallest absolute Gasteiger partial charge is 0.310 e. The van der Waals surface area contributed by atoms with Crippen molar-refractivity contribution in [2.75, 3.05) is 0 Å². The fourth-order valence-corrected chi connectivity index (χ4v) is 2.94. The number of hydrogen-bond acceptors (Lipinski definition) is 3. The first-order valence-corrected chi connectivity index (χ1v) is 6.28. The second kappa shape index (κ2) is 3.86. The Hall–Kier alpha value is -0.870. The molecule has 1 fully saturated rings. The van der Waals surface area contributed by atoms with Crippen LogP contribution in [-0.2, 0) is 4.79 Å². The lowest BCUT2D eigenvalue weighted by atomic mass is 9.97. The highest BCUT2D eigenvalue weighted by Crippen LogP contribution is 2.56. The lowest BCUT2D eigenvalue weighted by Gasteiger charge is -2.07. The monoisotopic (exact) mass is 258 g/mol. The summed E-state index contributed by atoms with van der Waals surface area (Å²) in [4.78, 5) is 23.1. The van der Waals surface area contributed by atoms with E-state index in [0.29, 0.717) is 22.7 Å². The van der Waals surface area contributed by atoms with Crippen molar-refractivity contribution < 1.29 is 14.7 Å². The van der Waals surface area contributed by atoms with Crippen molar-refractivity contribution in [2.45, 2.75) is 19.8 Å². The van der Waals surface area contributed by atoms with Gasteiger partial charge >= 0.3 is 5.97 Å². The van der Waals surface area contributed by atoms with Gasteiger partial charge in [-0.2, -0.15) is 0 Å². The van der Waals surface area contributed by atoms with Gasteiger partial charge in [-0.3, -0.25) is 9.59 Å². The third-order valence-corrected chi connectivity index (χ3v) is 4.39. The first kappa shape index (κ1) is 11.6. The summed E-state index contributed by atoms with van der Waals surface area (Å²) in [6, 6.07) is 1.61. The first-order valence-electron chi connectivity index (χ1n) is 5.03. The molecule has 0 bridgehead atoms. The number of carbonyl (C=O) groups excluding carboxylic acids is 1. The van der Waals surface area contributed by atoms with Crippen LogP contribution >= 0.6 is 22.9 Å². The number of halogens is 1. The number of carbonyl (C=O) groups is 2. The number of aliphatic carboxylic acids is 1. The van der Waals surface area contributed by atoms with Gasteiger partial charge < -0.3 is 5.11 Å². The van der Waals surface area contributed by atoms with E-state index in [1.54, 1.807) is 11.4 Å². The zero-order chi connectivity index (χ0) is 11.9. The molecule has 2 unspecified atom stereocenters. The Morgan fingerprint density at radius 3 is 2.75 bits per heavy atom. The highest BCUT2D eigenvalue weighted by Gasteiger charge is 2.62. The van der Waals surface area contributed by atoms with Crippen LogP contribution in [-0.4, -0.2) is 16.9 Å². The molecule has 1 saturated carbocycles. The summed E-state index contributed by atoms with van der Waals surface area (Å²) in [7, 11) is 0. The summed E-state index contributed by atoms with van der Waals surface area (Å²) < 4.78 is 0.557. The van der Waals surface area contributed by atoms with Gasteiger partial charge in [-0.25, -0.2) is 0 Å². The third-order valence-electron chi connectivity index (χ3n) is 3.30. The van der Waals surface area contributed by atoms with Crippen LogP contribution in [0.1, 0.15) is 30.1 Å². The molecule has 1 aromatic rings. The summed E-state index contributed by atoms with van der Waals surface area (Å²) >= 11 is 7.04. The van der Waals surface area contributed by atoms with Gasteiger partial charge in [0.2, 0.25) is 0 Å². The van der Waals surface area contributed by atoms with Gasteiger partial charge in [0.15, 0.2) is 5.78 Å². The van der Waals surface area contributed by atoms with Crippen LogP contribution in [0.2, 0.25) is 4.34 Å². The number of carboxylic acid groups (broad SMARTS) is 1. The van der Waals surface area contributed by atoms with E-state index in [-0.39, 0.29) is 11.7 Å². The predicted molar refractivity (Wildman–Crippen MR) is 62.1 cm³/mol. The van der Waals surface area contributed by atoms with Crippen molar-refractivity contribution >= 4 is 34.7 Å². The van der Waals surface area contributed by atoms with E-state index in [1.807, 2.05) is 6.92 Å². The number of hydrogen-bond donors (Lipinski definition) is 1. The van der Waals surface area contributed by atoms with Gasteiger partial charge in [-0.15, -0.1) is 11.3 Å². The molecule has 5 heteroatoms. The number of thiophene rings is 1. The van der Waals surface area contributed by atoms with E-state index < -0.39 is 11.4 Å². The van der Waals surface area contributed by atoms with Crippen LogP contribution in [0, 0.1) is 11.3 Å². The number of carboxylic acids is 1. The van der Waals surface area contributed by atoms with Gasteiger partial charge in [0.05, 0.1) is 9.75 Å². The molecular formula is C11H11ClO3S. The summed E-state index contributed by atoms with van der Waals surface area (Å²) in [6.45, 7) is 1.81. The first-order chi connectivity index (χ1) is 7.51. The molecule has 2 atom stereocenters. The van der Waals surface area contributed by atoms with E-state index in [9.17, 15) is 9.59 Å². The number of Topliss-reactive ketones (excluding diaryl/α,β-unsaturated/α-hetero) is 1. The van der Waals surface area contributed by atoms with Crippen molar-refractivity contribution in [1.29, 1.82) is 0 Å². The van der Waals surface area contributed by atoms with Gasteiger partial charge in [-0.1, -0.05) is 18.5 Å². The Bertz CT molecular complexity index is 454. The molecule has 0 spiro atoms. The molecule has 0 amide bonds. The molecule has 86 valence electrons. The molecule has 1 N–H and O–H groups in total. The van der Waals surface area contributed by atoms with Crippen molar-refractivity contribution in [3.8, 4) is 0 Å². The Kier molecular flexibility index (Phi) is 2.80. The molecule has 0 saturated heterocycles. The topological polar surface area (TPSA) is 54.4 Å². The van der Waals surface area contributed by atoms with Crippen LogP contribution in [0.4, 0.5) is 0 Å². The Morgan fingerprint density at radius 2 is 2.38 bits per heavy atom. The van der Waals surface area contributed by atoms with E-state index in [0.717, 1.165) is 0 Å². The van der Waals surface area contributed by atoms with Gasteiger partial charge in [0.25, 0.3) is 0 Å². The Labute approximate surface area is 102 Å². The maximum absolute atomic E-state index is 12.0. The molecule has 16 heavy (non-hydrogen) atoms. The second-order valence-corrected chi connectivity index (χ2v) is 5.62. The summed E-state index contributed by atoms with van der Waals surface area (Å²) in [5.41, 5.74) is -0.289. The highest BCUT2D eigenvalue weighted by atomic mass is 35.5. The minimum atomic E-state index is -0.866. The molecule has 1 aliphatic carbocycles. The Balaban J connectivity index is 2.18. The molecule has 3 nitrogen and oxygen atoms in total. The van der Waals surface area contributed by atoms with E-state index in [4.69, 9.17) is 16.7 Å². The van der Waals surface area contributed by atoms with Gasteiger partial charge in [0, 0.05) is 16.9 Å². The zero-order valence-corrected chi connectivity index (χ0v) is 10.3. The second-order valence-electron chi connectivity index (χ2n) is 4.08. The lowest BCUT2D eigenvalue weighted by Crippen LogP contribution is -2.19.